The third-order valence-corrected chi connectivity index (χ3v) is 5.92. The van der Waals surface area contributed by atoms with Gasteiger partial charge in [0.05, 0.1) is 18.0 Å². The zero-order valence-corrected chi connectivity index (χ0v) is 17.9. The average molecular weight is 419 g/mol. The zero-order chi connectivity index (χ0) is 21.2. The van der Waals surface area contributed by atoms with Crippen LogP contribution in [0.1, 0.15) is 29.7 Å². The predicted octanol–water partition coefficient (Wildman–Crippen LogP) is 2.72. The minimum Gasteiger partial charge on any atom is -0.486 e. The lowest BCUT2D eigenvalue weighted by molar-refractivity contribution is -0.120. The van der Waals surface area contributed by atoms with E-state index in [0.717, 1.165) is 27.3 Å². The Morgan fingerprint density at radius 2 is 1.79 bits per heavy atom. The Balaban J connectivity index is 1.79. The monoisotopic (exact) mass is 418 g/mol. The average Bonchev–Trinajstić information content (AvgIpc) is 2.66. The molecular weight excluding hydrogens is 392 g/mol. The quantitative estimate of drug-likeness (QED) is 0.780. The van der Waals surface area contributed by atoms with Crippen molar-refractivity contribution in [2.75, 3.05) is 30.3 Å². The summed E-state index contributed by atoms with van der Waals surface area (Å²) in [6.45, 7) is 6.37. The Labute approximate surface area is 171 Å². The molecule has 8 heteroatoms. The summed E-state index contributed by atoms with van der Waals surface area (Å²) in [5.41, 5.74) is 3.52. The van der Waals surface area contributed by atoms with Crippen LogP contribution in [-0.4, -0.2) is 40.3 Å². The summed E-state index contributed by atoms with van der Waals surface area (Å²) < 4.78 is 36.8. The second-order valence-electron chi connectivity index (χ2n) is 7.25. The fourth-order valence-electron chi connectivity index (χ4n) is 3.31. The van der Waals surface area contributed by atoms with Crippen LogP contribution in [0.5, 0.6) is 11.5 Å². The van der Waals surface area contributed by atoms with Gasteiger partial charge in [0.15, 0.2) is 11.5 Å². The topological polar surface area (TPSA) is 84.9 Å². The van der Waals surface area contributed by atoms with E-state index >= 15 is 0 Å². The lowest BCUT2D eigenvalue weighted by Crippen LogP contribution is -2.41. The summed E-state index contributed by atoms with van der Waals surface area (Å²) in [7, 11) is -3.68. The maximum Gasteiger partial charge on any atom is 0.241 e. The van der Waals surface area contributed by atoms with Crippen LogP contribution >= 0.6 is 0 Å². The molecule has 0 aromatic heterocycles. The molecular formula is C21H26N2O5S. The van der Waals surface area contributed by atoms with Gasteiger partial charge in [0.1, 0.15) is 19.8 Å². The first-order valence-electron chi connectivity index (χ1n) is 9.39. The van der Waals surface area contributed by atoms with Crippen LogP contribution in [-0.2, 0) is 14.8 Å². The molecule has 1 aliphatic rings. The van der Waals surface area contributed by atoms with Crippen LogP contribution in [0, 0.1) is 13.8 Å². The smallest absolute Gasteiger partial charge is 0.241 e. The molecule has 29 heavy (non-hydrogen) atoms. The second-order valence-corrected chi connectivity index (χ2v) is 9.15. The first-order chi connectivity index (χ1) is 13.6. The number of amides is 1. The highest BCUT2D eigenvalue weighted by Crippen LogP contribution is 2.34. The highest BCUT2D eigenvalue weighted by Gasteiger charge is 2.24. The summed E-state index contributed by atoms with van der Waals surface area (Å²) in [5.74, 6) is 0.631. The summed E-state index contributed by atoms with van der Waals surface area (Å²) >= 11 is 0. The minimum absolute atomic E-state index is 0.246. The number of benzene rings is 2. The third kappa shape index (κ3) is 5.00. The van der Waals surface area contributed by atoms with Crippen LogP contribution in [0.15, 0.2) is 36.4 Å². The molecule has 1 atom stereocenters. The molecule has 0 bridgehead atoms. The molecule has 0 spiro atoms. The van der Waals surface area contributed by atoms with E-state index < -0.39 is 15.9 Å². The van der Waals surface area contributed by atoms with E-state index in [1.165, 1.54) is 0 Å². The van der Waals surface area contributed by atoms with E-state index in [4.69, 9.17) is 9.47 Å². The van der Waals surface area contributed by atoms with Gasteiger partial charge in [0.2, 0.25) is 15.9 Å². The van der Waals surface area contributed by atoms with Crippen LogP contribution in [0.25, 0.3) is 0 Å². The molecule has 1 amide bonds. The number of rotatable bonds is 6. The third-order valence-electron chi connectivity index (χ3n) is 4.78. The molecule has 1 N–H and O–H groups in total. The fourth-order valence-corrected chi connectivity index (χ4v) is 4.16. The number of sulfonamides is 1. The van der Waals surface area contributed by atoms with Crippen LogP contribution in [0.2, 0.25) is 0 Å². The number of anilines is 1. The fraction of sp³-hybridized carbons (Fsp3) is 0.381. The predicted molar refractivity (Wildman–Crippen MR) is 112 cm³/mol. The van der Waals surface area contributed by atoms with Crippen molar-refractivity contribution in [2.45, 2.75) is 26.8 Å². The number of carbonyl (C=O) groups excluding carboxylic acids is 1. The largest absolute Gasteiger partial charge is 0.486 e. The van der Waals surface area contributed by atoms with E-state index in [0.29, 0.717) is 30.4 Å². The maximum absolute atomic E-state index is 12.7. The first kappa shape index (κ1) is 21.0. The summed E-state index contributed by atoms with van der Waals surface area (Å²) in [5, 5.41) is 2.90. The number of carbonyl (C=O) groups is 1. The number of hydrogen-bond donors (Lipinski definition) is 1. The maximum atomic E-state index is 12.7. The Kier molecular flexibility index (Phi) is 6.02. The Bertz CT molecular complexity index is 1020. The number of aryl methyl sites for hydroxylation is 2. The van der Waals surface area contributed by atoms with E-state index in [1.54, 1.807) is 18.2 Å². The molecule has 0 fully saturated rings. The molecule has 0 aliphatic carbocycles. The van der Waals surface area contributed by atoms with Crippen molar-refractivity contribution in [3.63, 3.8) is 0 Å². The van der Waals surface area contributed by atoms with E-state index in [-0.39, 0.29) is 12.6 Å². The van der Waals surface area contributed by atoms with Crippen molar-refractivity contribution in [2.24, 2.45) is 0 Å². The second kappa shape index (κ2) is 8.32. The standard InChI is InChI=1S/C21H26N2O5S/c1-14-5-6-15(2)18(11-14)16(3)22-21(24)13-23(29(4,25)26)17-7-8-19-20(12-17)28-10-9-27-19/h5-8,11-12,16H,9-10,13H2,1-4H3,(H,22,24). The number of ether oxygens (including phenoxy) is 2. The molecule has 0 radical (unpaired) electrons. The van der Waals surface area contributed by atoms with E-state index in [9.17, 15) is 13.2 Å². The van der Waals surface area contributed by atoms with Gasteiger partial charge in [-0.25, -0.2) is 8.42 Å². The number of nitrogens with one attached hydrogen (secondary N) is 1. The van der Waals surface area contributed by atoms with Crippen molar-refractivity contribution in [1.82, 2.24) is 5.32 Å². The van der Waals surface area contributed by atoms with Gasteiger partial charge < -0.3 is 14.8 Å². The molecule has 0 saturated carbocycles. The molecule has 1 heterocycles. The van der Waals surface area contributed by atoms with Crippen molar-refractivity contribution in [3.05, 3.63) is 53.1 Å². The van der Waals surface area contributed by atoms with Crippen molar-refractivity contribution in [3.8, 4) is 11.5 Å². The van der Waals surface area contributed by atoms with Crippen LogP contribution < -0.4 is 19.1 Å². The normalized spacial score (nSPS) is 14.2. The lowest BCUT2D eigenvalue weighted by atomic mass is 10.00. The molecule has 0 saturated heterocycles. The van der Waals surface area contributed by atoms with E-state index in [1.807, 2.05) is 39.0 Å². The van der Waals surface area contributed by atoms with Crippen molar-refractivity contribution < 1.29 is 22.7 Å². The van der Waals surface area contributed by atoms with Gasteiger partial charge in [0.25, 0.3) is 0 Å². The molecule has 2 aromatic rings. The van der Waals surface area contributed by atoms with Gasteiger partial charge in [-0.15, -0.1) is 0 Å². The highest BCUT2D eigenvalue weighted by molar-refractivity contribution is 7.92. The molecule has 1 aliphatic heterocycles. The van der Waals surface area contributed by atoms with E-state index in [2.05, 4.69) is 5.32 Å². The molecule has 7 nitrogen and oxygen atoms in total. The lowest BCUT2D eigenvalue weighted by Gasteiger charge is -2.25. The number of nitrogens with zero attached hydrogens (tertiary/aromatic N) is 1. The molecule has 156 valence electrons. The van der Waals surface area contributed by atoms with Gasteiger partial charge in [-0.05, 0) is 44.0 Å². The van der Waals surface area contributed by atoms with Gasteiger partial charge in [-0.2, -0.15) is 0 Å². The van der Waals surface area contributed by atoms with Gasteiger partial charge in [-0.3, -0.25) is 9.10 Å². The Morgan fingerprint density at radius 3 is 2.48 bits per heavy atom. The van der Waals surface area contributed by atoms with Crippen LogP contribution in [0.3, 0.4) is 0 Å². The summed E-state index contributed by atoms with van der Waals surface area (Å²) in [6.07, 6.45) is 1.07. The Hall–Kier alpha value is -2.74. The SMILES string of the molecule is Cc1ccc(C)c(C(C)NC(=O)CN(c2ccc3c(c2)OCCO3)S(C)(=O)=O)c1. The van der Waals surface area contributed by atoms with Crippen LogP contribution in [0.4, 0.5) is 5.69 Å². The summed E-state index contributed by atoms with van der Waals surface area (Å²) in [6, 6.07) is 10.6. The molecule has 1 unspecified atom stereocenters. The molecule has 2 aromatic carbocycles. The summed E-state index contributed by atoms with van der Waals surface area (Å²) in [4.78, 5) is 12.7. The number of fused-ring (bicyclic) bond motifs is 1. The number of hydrogen-bond acceptors (Lipinski definition) is 5. The minimum atomic E-state index is -3.68. The van der Waals surface area contributed by atoms with Gasteiger partial charge >= 0.3 is 0 Å². The van der Waals surface area contributed by atoms with Crippen molar-refractivity contribution >= 4 is 21.6 Å². The molecule has 3 rings (SSSR count). The van der Waals surface area contributed by atoms with Crippen molar-refractivity contribution in [1.29, 1.82) is 0 Å². The van der Waals surface area contributed by atoms with Gasteiger partial charge in [-0.1, -0.05) is 23.8 Å². The Morgan fingerprint density at radius 1 is 1.10 bits per heavy atom. The first-order valence-corrected chi connectivity index (χ1v) is 11.2. The zero-order valence-electron chi connectivity index (χ0n) is 17.1. The highest BCUT2D eigenvalue weighted by atomic mass is 32.2. The van der Waals surface area contributed by atoms with Gasteiger partial charge in [0, 0.05) is 6.07 Å².